The fraction of sp³-hybridized carbons (Fsp3) is 0.600. The van der Waals surface area contributed by atoms with Crippen molar-refractivity contribution in [1.82, 2.24) is 4.98 Å². The molecule has 2 fully saturated rings. The summed E-state index contributed by atoms with van der Waals surface area (Å²) in [6.45, 7) is 1.01. The largest absolute Gasteiger partial charge is 0.397 e. The van der Waals surface area contributed by atoms with Crippen molar-refractivity contribution in [1.29, 1.82) is 0 Å². The van der Waals surface area contributed by atoms with Gasteiger partial charge >= 0.3 is 0 Å². The first-order valence-corrected chi connectivity index (χ1v) is 7.49. The van der Waals surface area contributed by atoms with Crippen LogP contribution in [0.2, 0.25) is 0 Å². The van der Waals surface area contributed by atoms with E-state index in [0.29, 0.717) is 17.3 Å². The Balaban J connectivity index is 1.91. The Morgan fingerprint density at radius 3 is 2.80 bits per heavy atom. The second kappa shape index (κ2) is 5.31. The molecule has 20 heavy (non-hydrogen) atoms. The van der Waals surface area contributed by atoms with Gasteiger partial charge in [0.25, 0.3) is 5.91 Å². The highest BCUT2D eigenvalue weighted by Crippen LogP contribution is 2.37. The van der Waals surface area contributed by atoms with Crippen LogP contribution in [-0.2, 0) is 0 Å². The molecule has 1 aromatic rings. The Labute approximate surface area is 119 Å². The lowest BCUT2D eigenvalue weighted by Gasteiger charge is -2.44. The number of carbonyl (C=O) groups excluding carboxylic acids is 1. The highest BCUT2D eigenvalue weighted by Gasteiger charge is 2.34. The Kier molecular flexibility index (Phi) is 3.51. The predicted octanol–water partition coefficient (Wildman–Crippen LogP) is 1.92. The van der Waals surface area contributed by atoms with E-state index in [0.717, 1.165) is 18.3 Å². The first kappa shape index (κ1) is 13.2. The standard InChI is InChI=1S/C15H22N4O/c16-12-9-18-14(8-11(12)15(17)20)19-7-3-5-10-4-1-2-6-13(10)19/h8-10,13H,1-7,16H2,(H2,17,20)/t10-,13-/m1/s1. The van der Waals surface area contributed by atoms with Crippen LogP contribution < -0.4 is 16.4 Å². The predicted molar refractivity (Wildman–Crippen MR) is 79.5 cm³/mol. The minimum atomic E-state index is -0.483. The molecule has 3 rings (SSSR count). The van der Waals surface area contributed by atoms with E-state index in [1.165, 1.54) is 38.5 Å². The molecule has 1 aliphatic heterocycles. The van der Waals surface area contributed by atoms with E-state index in [4.69, 9.17) is 11.5 Å². The van der Waals surface area contributed by atoms with Gasteiger partial charge in [0.2, 0.25) is 0 Å². The lowest BCUT2D eigenvalue weighted by atomic mass is 9.78. The van der Waals surface area contributed by atoms with Gasteiger partial charge in [-0.3, -0.25) is 4.79 Å². The van der Waals surface area contributed by atoms with Crippen LogP contribution in [0.4, 0.5) is 11.5 Å². The Morgan fingerprint density at radius 2 is 2.00 bits per heavy atom. The smallest absolute Gasteiger partial charge is 0.250 e. The molecule has 1 saturated heterocycles. The third-order valence-electron chi connectivity index (χ3n) is 4.72. The summed E-state index contributed by atoms with van der Waals surface area (Å²) >= 11 is 0. The number of piperidine rings is 1. The summed E-state index contributed by atoms with van der Waals surface area (Å²) in [4.78, 5) is 18.2. The summed E-state index contributed by atoms with van der Waals surface area (Å²) in [5.41, 5.74) is 11.9. The number of primary amides is 1. The second-order valence-electron chi connectivity index (χ2n) is 5.94. The van der Waals surface area contributed by atoms with Crippen LogP contribution >= 0.6 is 0 Å². The van der Waals surface area contributed by atoms with Crippen LogP contribution in [0.15, 0.2) is 12.3 Å². The fourth-order valence-electron chi connectivity index (χ4n) is 3.73. The number of anilines is 2. The minimum absolute atomic E-state index is 0.360. The summed E-state index contributed by atoms with van der Waals surface area (Å²) < 4.78 is 0. The van der Waals surface area contributed by atoms with E-state index >= 15 is 0 Å². The topological polar surface area (TPSA) is 85.2 Å². The van der Waals surface area contributed by atoms with Crippen molar-refractivity contribution in [3.63, 3.8) is 0 Å². The second-order valence-corrected chi connectivity index (χ2v) is 5.94. The molecule has 1 amide bonds. The first-order chi connectivity index (χ1) is 9.66. The van der Waals surface area contributed by atoms with Gasteiger partial charge in [0.05, 0.1) is 17.4 Å². The summed E-state index contributed by atoms with van der Waals surface area (Å²) in [7, 11) is 0. The summed E-state index contributed by atoms with van der Waals surface area (Å²) in [6.07, 6.45) is 9.24. The lowest BCUT2D eigenvalue weighted by Crippen LogP contribution is -2.47. The zero-order chi connectivity index (χ0) is 14.1. The van der Waals surface area contributed by atoms with Crippen molar-refractivity contribution in [3.05, 3.63) is 17.8 Å². The van der Waals surface area contributed by atoms with Gasteiger partial charge in [0, 0.05) is 12.6 Å². The third-order valence-corrected chi connectivity index (χ3v) is 4.72. The van der Waals surface area contributed by atoms with Crippen LogP contribution in [0.5, 0.6) is 0 Å². The molecular formula is C15H22N4O. The fourth-order valence-corrected chi connectivity index (χ4v) is 3.73. The molecule has 1 aliphatic carbocycles. The average molecular weight is 274 g/mol. The summed E-state index contributed by atoms with van der Waals surface area (Å²) in [6, 6.07) is 2.32. The molecule has 0 bridgehead atoms. The molecular weight excluding hydrogens is 252 g/mol. The number of nitrogens with zero attached hydrogens (tertiary/aromatic N) is 2. The van der Waals surface area contributed by atoms with Gasteiger partial charge < -0.3 is 16.4 Å². The van der Waals surface area contributed by atoms with E-state index in [9.17, 15) is 4.79 Å². The maximum absolute atomic E-state index is 11.4. The van der Waals surface area contributed by atoms with Crippen molar-refractivity contribution in [2.45, 2.75) is 44.6 Å². The Hall–Kier alpha value is -1.78. The van der Waals surface area contributed by atoms with Gasteiger partial charge in [0.1, 0.15) is 5.82 Å². The molecule has 1 aromatic heterocycles. The molecule has 2 heterocycles. The molecule has 4 N–H and O–H groups in total. The molecule has 5 nitrogen and oxygen atoms in total. The van der Waals surface area contributed by atoms with Crippen LogP contribution in [0.3, 0.4) is 0 Å². The first-order valence-electron chi connectivity index (χ1n) is 7.49. The van der Waals surface area contributed by atoms with E-state index in [1.807, 2.05) is 0 Å². The quantitative estimate of drug-likeness (QED) is 0.862. The zero-order valence-electron chi connectivity index (χ0n) is 11.7. The molecule has 0 spiro atoms. The van der Waals surface area contributed by atoms with Gasteiger partial charge in [-0.1, -0.05) is 12.8 Å². The maximum Gasteiger partial charge on any atom is 0.250 e. The number of pyridine rings is 1. The zero-order valence-corrected chi connectivity index (χ0v) is 11.7. The third kappa shape index (κ3) is 2.32. The van der Waals surface area contributed by atoms with Gasteiger partial charge in [0.15, 0.2) is 0 Å². The van der Waals surface area contributed by atoms with E-state index in [1.54, 1.807) is 12.3 Å². The molecule has 2 aliphatic rings. The Bertz CT molecular complexity index is 515. The van der Waals surface area contributed by atoms with E-state index in [2.05, 4.69) is 9.88 Å². The number of aromatic nitrogens is 1. The van der Waals surface area contributed by atoms with Gasteiger partial charge in [-0.2, -0.15) is 0 Å². The Morgan fingerprint density at radius 1 is 1.25 bits per heavy atom. The maximum atomic E-state index is 11.4. The molecule has 1 saturated carbocycles. The van der Waals surface area contributed by atoms with Crippen molar-refractivity contribution in [2.24, 2.45) is 11.7 Å². The van der Waals surface area contributed by atoms with Gasteiger partial charge in [-0.25, -0.2) is 4.98 Å². The molecule has 2 atom stereocenters. The van der Waals surface area contributed by atoms with Gasteiger partial charge in [-0.15, -0.1) is 0 Å². The number of hydrogen-bond donors (Lipinski definition) is 2. The molecule has 0 aromatic carbocycles. The number of rotatable bonds is 2. The van der Waals surface area contributed by atoms with Crippen LogP contribution in [-0.4, -0.2) is 23.5 Å². The van der Waals surface area contributed by atoms with Crippen LogP contribution in [0.1, 0.15) is 48.9 Å². The highest BCUT2D eigenvalue weighted by atomic mass is 16.1. The molecule has 0 unspecified atom stereocenters. The minimum Gasteiger partial charge on any atom is -0.397 e. The van der Waals surface area contributed by atoms with Crippen molar-refractivity contribution < 1.29 is 4.79 Å². The van der Waals surface area contributed by atoms with Crippen molar-refractivity contribution in [2.75, 3.05) is 17.2 Å². The average Bonchev–Trinajstić information content (AvgIpc) is 2.47. The monoisotopic (exact) mass is 274 g/mol. The summed E-state index contributed by atoms with van der Waals surface area (Å²) in [5, 5.41) is 0. The van der Waals surface area contributed by atoms with E-state index < -0.39 is 5.91 Å². The molecule has 5 heteroatoms. The number of amides is 1. The van der Waals surface area contributed by atoms with Gasteiger partial charge in [-0.05, 0) is 37.7 Å². The summed E-state index contributed by atoms with van der Waals surface area (Å²) in [5.74, 6) is 1.14. The van der Waals surface area contributed by atoms with Crippen LogP contribution in [0.25, 0.3) is 0 Å². The molecule has 0 radical (unpaired) electrons. The molecule has 108 valence electrons. The SMILES string of the molecule is NC(=O)c1cc(N2CCC[C@H]3CCCC[C@H]32)ncc1N. The van der Waals surface area contributed by atoms with Crippen molar-refractivity contribution in [3.8, 4) is 0 Å². The number of nitrogens with two attached hydrogens (primary N) is 2. The highest BCUT2D eigenvalue weighted by molar-refractivity contribution is 5.98. The normalized spacial score (nSPS) is 26.1. The number of nitrogen functional groups attached to an aromatic ring is 1. The van der Waals surface area contributed by atoms with Crippen LogP contribution in [0, 0.1) is 5.92 Å². The van der Waals surface area contributed by atoms with E-state index in [-0.39, 0.29) is 0 Å². The number of fused-ring (bicyclic) bond motifs is 1. The van der Waals surface area contributed by atoms with Crippen molar-refractivity contribution >= 4 is 17.4 Å². The number of hydrogen-bond acceptors (Lipinski definition) is 4. The lowest BCUT2D eigenvalue weighted by molar-refractivity contribution is 0.100. The number of carbonyl (C=O) groups is 1.